The van der Waals surface area contributed by atoms with Crippen molar-refractivity contribution in [3.05, 3.63) is 35.4 Å². The number of alkyl halides is 3. The molecule has 1 atom stereocenters. The van der Waals surface area contributed by atoms with Gasteiger partial charge in [0.15, 0.2) is 0 Å². The first kappa shape index (κ1) is 15.0. The van der Waals surface area contributed by atoms with E-state index in [-0.39, 0.29) is 0 Å². The summed E-state index contributed by atoms with van der Waals surface area (Å²) in [5.41, 5.74) is 5.35. The van der Waals surface area contributed by atoms with Crippen LogP contribution in [0.4, 0.5) is 13.2 Å². The summed E-state index contributed by atoms with van der Waals surface area (Å²) in [7, 11) is 0. The molecule has 2 nitrogen and oxygen atoms in total. The molecule has 0 radical (unpaired) electrons. The van der Waals surface area contributed by atoms with Crippen LogP contribution in [-0.2, 0) is 10.9 Å². The molecule has 0 amide bonds. The van der Waals surface area contributed by atoms with Crippen LogP contribution in [-0.4, -0.2) is 12.2 Å². The molecule has 1 rings (SSSR count). The molecule has 0 aliphatic rings. The van der Waals surface area contributed by atoms with Crippen molar-refractivity contribution in [2.24, 2.45) is 5.73 Å². The van der Waals surface area contributed by atoms with E-state index in [2.05, 4.69) is 0 Å². The highest BCUT2D eigenvalue weighted by molar-refractivity contribution is 5.28. The lowest BCUT2D eigenvalue weighted by atomic mass is 9.92. The number of halogens is 3. The SMILES string of the molecule is CCOC(C)(C)C(N)c1ccc(C(F)(F)F)cc1. The van der Waals surface area contributed by atoms with Crippen LogP contribution in [0.1, 0.15) is 37.9 Å². The zero-order chi connectivity index (χ0) is 14.0. The Balaban J connectivity index is 2.92. The average Bonchev–Trinajstić information content (AvgIpc) is 2.27. The lowest BCUT2D eigenvalue weighted by Gasteiger charge is -2.31. The molecule has 0 aliphatic heterocycles. The molecule has 1 aromatic rings. The third kappa shape index (κ3) is 3.46. The molecule has 0 heterocycles. The molecule has 1 aromatic carbocycles. The average molecular weight is 261 g/mol. The van der Waals surface area contributed by atoms with E-state index in [9.17, 15) is 13.2 Å². The minimum atomic E-state index is -4.32. The first-order valence-corrected chi connectivity index (χ1v) is 5.75. The van der Waals surface area contributed by atoms with E-state index in [0.717, 1.165) is 12.1 Å². The van der Waals surface area contributed by atoms with Gasteiger partial charge in [0.2, 0.25) is 0 Å². The number of nitrogens with two attached hydrogens (primary N) is 1. The molecular formula is C13H18F3NO. The second-order valence-corrected chi connectivity index (χ2v) is 4.63. The van der Waals surface area contributed by atoms with E-state index in [1.54, 1.807) is 0 Å². The number of hydrogen-bond acceptors (Lipinski definition) is 2. The van der Waals surface area contributed by atoms with Crippen LogP contribution in [0, 0.1) is 0 Å². The molecule has 0 saturated heterocycles. The Bertz CT molecular complexity index is 384. The lowest BCUT2D eigenvalue weighted by molar-refractivity contribution is -0.137. The van der Waals surface area contributed by atoms with Crippen LogP contribution in [0.2, 0.25) is 0 Å². The van der Waals surface area contributed by atoms with E-state index >= 15 is 0 Å². The van der Waals surface area contributed by atoms with Crippen LogP contribution >= 0.6 is 0 Å². The highest BCUT2D eigenvalue weighted by Gasteiger charge is 2.32. The lowest BCUT2D eigenvalue weighted by Crippen LogP contribution is -2.38. The molecule has 0 fully saturated rings. The molecule has 102 valence electrons. The fraction of sp³-hybridized carbons (Fsp3) is 0.538. The molecule has 0 bridgehead atoms. The maximum absolute atomic E-state index is 12.4. The summed E-state index contributed by atoms with van der Waals surface area (Å²) >= 11 is 0. The van der Waals surface area contributed by atoms with Crippen LogP contribution in [0.5, 0.6) is 0 Å². The highest BCUT2D eigenvalue weighted by Crippen LogP contribution is 2.32. The maximum Gasteiger partial charge on any atom is 0.416 e. The Morgan fingerprint density at radius 2 is 1.67 bits per heavy atom. The number of benzene rings is 1. The van der Waals surface area contributed by atoms with Crippen molar-refractivity contribution in [3.63, 3.8) is 0 Å². The zero-order valence-electron chi connectivity index (χ0n) is 10.7. The summed E-state index contributed by atoms with van der Waals surface area (Å²) < 4.78 is 42.8. The number of ether oxygens (including phenoxy) is 1. The monoisotopic (exact) mass is 261 g/mol. The summed E-state index contributed by atoms with van der Waals surface area (Å²) in [6, 6.07) is 4.40. The van der Waals surface area contributed by atoms with Gasteiger partial charge in [-0.25, -0.2) is 0 Å². The predicted octanol–water partition coefficient (Wildman–Crippen LogP) is 3.52. The largest absolute Gasteiger partial charge is 0.416 e. The van der Waals surface area contributed by atoms with Gasteiger partial charge in [-0.05, 0) is 38.5 Å². The van der Waals surface area contributed by atoms with Gasteiger partial charge in [0.25, 0.3) is 0 Å². The third-order valence-electron chi connectivity index (χ3n) is 2.86. The van der Waals surface area contributed by atoms with Crippen molar-refractivity contribution in [1.29, 1.82) is 0 Å². The second kappa shape index (κ2) is 5.28. The summed E-state index contributed by atoms with van der Waals surface area (Å²) in [6.45, 7) is 5.99. The van der Waals surface area contributed by atoms with E-state index in [0.29, 0.717) is 12.2 Å². The Morgan fingerprint density at radius 1 is 1.17 bits per heavy atom. The van der Waals surface area contributed by atoms with Crippen molar-refractivity contribution in [3.8, 4) is 0 Å². The fourth-order valence-corrected chi connectivity index (χ4v) is 1.74. The number of rotatable bonds is 4. The van der Waals surface area contributed by atoms with Crippen molar-refractivity contribution < 1.29 is 17.9 Å². The van der Waals surface area contributed by atoms with Crippen LogP contribution < -0.4 is 5.73 Å². The zero-order valence-corrected chi connectivity index (χ0v) is 10.7. The van der Waals surface area contributed by atoms with Gasteiger partial charge >= 0.3 is 6.18 Å². The fourth-order valence-electron chi connectivity index (χ4n) is 1.74. The molecule has 2 N–H and O–H groups in total. The first-order chi connectivity index (χ1) is 8.18. The quantitative estimate of drug-likeness (QED) is 0.900. The van der Waals surface area contributed by atoms with Gasteiger partial charge in [-0.1, -0.05) is 12.1 Å². The standard InChI is InChI=1S/C13H18F3NO/c1-4-18-12(2,3)11(17)9-5-7-10(8-6-9)13(14,15)16/h5-8,11H,4,17H2,1-3H3. The van der Waals surface area contributed by atoms with E-state index < -0.39 is 23.4 Å². The maximum atomic E-state index is 12.4. The van der Waals surface area contributed by atoms with Gasteiger partial charge in [0.1, 0.15) is 0 Å². The van der Waals surface area contributed by atoms with E-state index in [1.807, 2.05) is 20.8 Å². The minimum Gasteiger partial charge on any atom is -0.374 e. The van der Waals surface area contributed by atoms with Crippen molar-refractivity contribution >= 4 is 0 Å². The Labute approximate surface area is 105 Å². The van der Waals surface area contributed by atoms with Gasteiger partial charge in [-0.2, -0.15) is 13.2 Å². The molecule has 5 heteroatoms. The summed E-state index contributed by atoms with van der Waals surface area (Å²) in [5.74, 6) is 0. The van der Waals surface area contributed by atoms with Gasteiger partial charge in [-0.3, -0.25) is 0 Å². The molecule has 1 unspecified atom stereocenters. The first-order valence-electron chi connectivity index (χ1n) is 5.75. The minimum absolute atomic E-state index is 0.472. The summed E-state index contributed by atoms with van der Waals surface area (Å²) in [4.78, 5) is 0. The molecule has 0 aliphatic carbocycles. The van der Waals surface area contributed by atoms with Gasteiger partial charge < -0.3 is 10.5 Å². The molecule has 0 aromatic heterocycles. The smallest absolute Gasteiger partial charge is 0.374 e. The molecule has 0 saturated carbocycles. The Hall–Kier alpha value is -1.07. The van der Waals surface area contributed by atoms with Crippen LogP contribution in [0.15, 0.2) is 24.3 Å². The van der Waals surface area contributed by atoms with Gasteiger partial charge in [0.05, 0.1) is 17.2 Å². The van der Waals surface area contributed by atoms with E-state index in [4.69, 9.17) is 10.5 Å². The van der Waals surface area contributed by atoms with Crippen molar-refractivity contribution in [2.75, 3.05) is 6.61 Å². The predicted molar refractivity (Wildman–Crippen MR) is 64.1 cm³/mol. The van der Waals surface area contributed by atoms with Crippen molar-refractivity contribution in [2.45, 2.75) is 38.6 Å². The number of hydrogen-bond donors (Lipinski definition) is 1. The molecule has 18 heavy (non-hydrogen) atoms. The Kier molecular flexibility index (Phi) is 4.40. The topological polar surface area (TPSA) is 35.2 Å². The summed E-state index contributed by atoms with van der Waals surface area (Å²) in [5, 5.41) is 0. The second-order valence-electron chi connectivity index (χ2n) is 4.63. The third-order valence-corrected chi connectivity index (χ3v) is 2.86. The van der Waals surface area contributed by atoms with Crippen LogP contribution in [0.25, 0.3) is 0 Å². The molecule has 0 spiro atoms. The van der Waals surface area contributed by atoms with Crippen LogP contribution in [0.3, 0.4) is 0 Å². The van der Waals surface area contributed by atoms with Gasteiger partial charge in [-0.15, -0.1) is 0 Å². The van der Waals surface area contributed by atoms with Gasteiger partial charge in [0, 0.05) is 6.61 Å². The highest BCUT2D eigenvalue weighted by atomic mass is 19.4. The van der Waals surface area contributed by atoms with Crippen molar-refractivity contribution in [1.82, 2.24) is 0 Å². The normalized spacial score (nSPS) is 14.6. The summed E-state index contributed by atoms with van der Waals surface area (Å²) in [6.07, 6.45) is -4.32. The Morgan fingerprint density at radius 3 is 2.06 bits per heavy atom. The molecular weight excluding hydrogens is 243 g/mol. The van der Waals surface area contributed by atoms with E-state index in [1.165, 1.54) is 12.1 Å².